The molecule has 0 amide bonds. The maximum atomic E-state index is 5.41. The van der Waals surface area contributed by atoms with E-state index in [4.69, 9.17) is 11.2 Å². The van der Waals surface area contributed by atoms with Gasteiger partial charge >= 0.3 is 0 Å². The van der Waals surface area contributed by atoms with Crippen molar-refractivity contribution in [2.75, 3.05) is 6.54 Å². The second-order valence-electron chi connectivity index (χ2n) is 4.04. The quantitative estimate of drug-likeness (QED) is 0.779. The van der Waals surface area contributed by atoms with Crippen LogP contribution in [-0.2, 0) is 18.0 Å². The molecule has 0 radical (unpaired) electrons. The third kappa shape index (κ3) is 2.27. The average Bonchev–Trinajstić information content (AvgIpc) is 2.75. The highest BCUT2D eigenvalue weighted by Gasteiger charge is 2.15. The largest absolute Gasteiger partial charge is 0.372 e. The molecule has 0 saturated carbocycles. The molecule has 0 bridgehead atoms. The lowest BCUT2D eigenvalue weighted by Gasteiger charge is -2.16. The number of hydrogen-bond acceptors (Lipinski definition) is 2. The molecule has 1 heterocycles. The molecule has 1 atom stereocenters. The first-order valence-electron chi connectivity index (χ1n) is 5.71. The van der Waals surface area contributed by atoms with Crippen LogP contribution in [0.2, 0.25) is 0 Å². The molecule has 1 aromatic rings. The summed E-state index contributed by atoms with van der Waals surface area (Å²) in [5.74, 6) is 2.73. The lowest BCUT2D eigenvalue weighted by molar-refractivity contribution is 0.134. The van der Waals surface area contributed by atoms with Gasteiger partial charge in [-0.05, 0) is 23.2 Å². The van der Waals surface area contributed by atoms with Gasteiger partial charge in [0.05, 0.1) is 13.2 Å². The van der Waals surface area contributed by atoms with Crippen molar-refractivity contribution >= 4 is 0 Å². The Hall–Kier alpha value is -1.30. The van der Waals surface area contributed by atoms with E-state index in [1.54, 1.807) is 0 Å². The van der Waals surface area contributed by atoms with Crippen molar-refractivity contribution in [1.82, 2.24) is 5.32 Å². The normalized spacial score (nSPS) is 15.5. The third-order valence-electron chi connectivity index (χ3n) is 2.92. The molecule has 1 N–H and O–H groups in total. The minimum absolute atomic E-state index is 0.265. The predicted molar refractivity (Wildman–Crippen MR) is 64.8 cm³/mol. The second kappa shape index (κ2) is 5.16. The molecule has 0 saturated heterocycles. The van der Waals surface area contributed by atoms with Crippen LogP contribution in [0.1, 0.15) is 36.1 Å². The molecule has 1 aromatic carbocycles. The van der Waals surface area contributed by atoms with Crippen LogP contribution in [0.25, 0.3) is 0 Å². The topological polar surface area (TPSA) is 21.3 Å². The summed E-state index contributed by atoms with van der Waals surface area (Å²) < 4.78 is 5.41. The van der Waals surface area contributed by atoms with Crippen LogP contribution in [-0.4, -0.2) is 6.54 Å². The van der Waals surface area contributed by atoms with Crippen LogP contribution in [0.3, 0.4) is 0 Å². The number of fused-ring (bicyclic) bond motifs is 1. The molecular weight excluding hydrogens is 198 g/mol. The summed E-state index contributed by atoms with van der Waals surface area (Å²) in [7, 11) is 0. The van der Waals surface area contributed by atoms with Crippen LogP contribution in [0.5, 0.6) is 0 Å². The summed E-state index contributed by atoms with van der Waals surface area (Å²) in [4.78, 5) is 0. The van der Waals surface area contributed by atoms with E-state index in [0.29, 0.717) is 0 Å². The van der Waals surface area contributed by atoms with Gasteiger partial charge in [-0.2, -0.15) is 0 Å². The van der Waals surface area contributed by atoms with E-state index in [-0.39, 0.29) is 6.04 Å². The molecule has 84 valence electrons. The maximum absolute atomic E-state index is 5.41. The van der Waals surface area contributed by atoms with Gasteiger partial charge in [-0.15, -0.1) is 12.3 Å². The molecule has 2 heteroatoms. The summed E-state index contributed by atoms with van der Waals surface area (Å²) in [6.07, 6.45) is 6.12. The third-order valence-corrected chi connectivity index (χ3v) is 2.92. The minimum Gasteiger partial charge on any atom is -0.372 e. The Morgan fingerprint density at radius 1 is 1.44 bits per heavy atom. The number of nitrogens with one attached hydrogen (secondary N) is 1. The fraction of sp³-hybridized carbons (Fsp3) is 0.429. The Morgan fingerprint density at radius 3 is 3.00 bits per heavy atom. The van der Waals surface area contributed by atoms with Crippen molar-refractivity contribution in [3.8, 4) is 12.3 Å². The van der Waals surface area contributed by atoms with Crippen LogP contribution in [0, 0.1) is 12.3 Å². The molecular formula is C14H17NO. The van der Waals surface area contributed by atoms with E-state index in [1.807, 2.05) is 0 Å². The molecule has 1 unspecified atom stereocenters. The van der Waals surface area contributed by atoms with E-state index in [9.17, 15) is 0 Å². The van der Waals surface area contributed by atoms with Gasteiger partial charge in [-0.3, -0.25) is 0 Å². The van der Waals surface area contributed by atoms with Crippen LogP contribution >= 0.6 is 0 Å². The number of hydrogen-bond donors (Lipinski definition) is 1. The number of ether oxygens (including phenoxy) is 1. The van der Waals surface area contributed by atoms with Gasteiger partial charge in [-0.25, -0.2) is 0 Å². The van der Waals surface area contributed by atoms with Gasteiger partial charge < -0.3 is 10.1 Å². The average molecular weight is 215 g/mol. The summed E-state index contributed by atoms with van der Waals surface area (Å²) >= 11 is 0. The summed E-state index contributed by atoms with van der Waals surface area (Å²) in [6, 6.07) is 6.78. The standard InChI is InChI=1S/C14H17NO/c1-3-5-14(15-4-2)11-6-7-12-9-16-10-13(12)8-11/h1,6-8,14-15H,4-5,9-10H2,2H3. The molecule has 0 fully saturated rings. The van der Waals surface area contributed by atoms with Gasteiger partial charge in [0.15, 0.2) is 0 Å². The Kier molecular flexibility index (Phi) is 3.61. The Labute approximate surface area is 97.0 Å². The first-order chi connectivity index (χ1) is 7.85. The molecule has 0 aromatic heterocycles. The molecule has 16 heavy (non-hydrogen) atoms. The van der Waals surface area contributed by atoms with Crippen LogP contribution in [0.15, 0.2) is 18.2 Å². The molecule has 1 aliphatic rings. The molecule has 2 nitrogen and oxygen atoms in total. The zero-order chi connectivity index (χ0) is 11.4. The minimum atomic E-state index is 0.265. The van der Waals surface area contributed by atoms with Gasteiger partial charge in [-0.1, -0.05) is 25.1 Å². The lowest BCUT2D eigenvalue weighted by atomic mass is 9.99. The number of terminal acetylenes is 1. The highest BCUT2D eigenvalue weighted by atomic mass is 16.5. The monoisotopic (exact) mass is 215 g/mol. The summed E-state index contributed by atoms with van der Waals surface area (Å²) in [5.41, 5.74) is 3.88. The fourth-order valence-corrected chi connectivity index (χ4v) is 2.08. The van der Waals surface area contributed by atoms with Crippen molar-refractivity contribution in [3.63, 3.8) is 0 Å². The van der Waals surface area contributed by atoms with Crippen molar-refractivity contribution in [3.05, 3.63) is 34.9 Å². The smallest absolute Gasteiger partial charge is 0.0725 e. The Balaban J connectivity index is 2.21. The van der Waals surface area contributed by atoms with Gasteiger partial charge in [0.25, 0.3) is 0 Å². The first-order valence-corrected chi connectivity index (χ1v) is 5.71. The molecule has 1 aliphatic heterocycles. The number of rotatable bonds is 4. The molecule has 0 spiro atoms. The van der Waals surface area contributed by atoms with Crippen molar-refractivity contribution in [2.24, 2.45) is 0 Å². The van der Waals surface area contributed by atoms with Crippen molar-refractivity contribution in [1.29, 1.82) is 0 Å². The van der Waals surface area contributed by atoms with E-state index in [0.717, 1.165) is 26.2 Å². The van der Waals surface area contributed by atoms with Crippen molar-refractivity contribution in [2.45, 2.75) is 32.6 Å². The molecule has 0 aliphatic carbocycles. The highest BCUT2D eigenvalue weighted by molar-refractivity contribution is 5.35. The van der Waals surface area contributed by atoms with E-state index in [1.165, 1.54) is 16.7 Å². The SMILES string of the molecule is C#CCC(NCC)c1ccc2c(c1)COC2. The Bertz CT molecular complexity index is 406. The lowest BCUT2D eigenvalue weighted by Crippen LogP contribution is -2.20. The first kappa shape index (κ1) is 11.2. The zero-order valence-electron chi connectivity index (χ0n) is 9.62. The highest BCUT2D eigenvalue weighted by Crippen LogP contribution is 2.25. The van der Waals surface area contributed by atoms with E-state index >= 15 is 0 Å². The van der Waals surface area contributed by atoms with Gasteiger partial charge in [0.1, 0.15) is 0 Å². The maximum Gasteiger partial charge on any atom is 0.0725 e. The van der Waals surface area contributed by atoms with Crippen LogP contribution in [0.4, 0.5) is 0 Å². The summed E-state index contributed by atoms with van der Waals surface area (Å²) in [6.45, 7) is 4.51. The number of benzene rings is 1. The summed E-state index contributed by atoms with van der Waals surface area (Å²) in [5, 5.41) is 3.41. The predicted octanol–water partition coefficient (Wildman–Crippen LogP) is 2.39. The van der Waals surface area contributed by atoms with E-state index < -0.39 is 0 Å². The molecule has 2 rings (SSSR count). The zero-order valence-corrected chi connectivity index (χ0v) is 9.62. The van der Waals surface area contributed by atoms with Crippen LogP contribution < -0.4 is 5.32 Å². The van der Waals surface area contributed by atoms with Gasteiger partial charge in [0.2, 0.25) is 0 Å². The van der Waals surface area contributed by atoms with Gasteiger partial charge in [0, 0.05) is 12.5 Å². The second-order valence-corrected chi connectivity index (χ2v) is 4.04. The van der Waals surface area contributed by atoms with Crippen molar-refractivity contribution < 1.29 is 4.74 Å². The fourth-order valence-electron chi connectivity index (χ4n) is 2.08. The Morgan fingerprint density at radius 2 is 2.25 bits per heavy atom. The van der Waals surface area contributed by atoms with E-state index in [2.05, 4.69) is 36.4 Å².